The van der Waals surface area contributed by atoms with Crippen LogP contribution >= 0.6 is 11.8 Å². The van der Waals surface area contributed by atoms with Crippen molar-refractivity contribution in [3.8, 4) is 0 Å². The van der Waals surface area contributed by atoms with E-state index in [9.17, 15) is 13.5 Å². The van der Waals surface area contributed by atoms with Gasteiger partial charge < -0.3 is 5.11 Å². The molecule has 4 unspecified atom stereocenters. The van der Waals surface area contributed by atoms with Gasteiger partial charge in [-0.25, -0.2) is 8.42 Å². The molecule has 1 aliphatic carbocycles. The Morgan fingerprint density at radius 2 is 2.05 bits per heavy atom. The van der Waals surface area contributed by atoms with E-state index in [0.29, 0.717) is 6.42 Å². The lowest BCUT2D eigenvalue weighted by Gasteiger charge is -2.33. The fourth-order valence-electron chi connectivity index (χ4n) is 3.58. The van der Waals surface area contributed by atoms with Crippen molar-refractivity contribution in [2.75, 3.05) is 6.26 Å². The Kier molecular flexibility index (Phi) is 4.35. The van der Waals surface area contributed by atoms with E-state index in [1.807, 2.05) is 12.1 Å². The summed E-state index contributed by atoms with van der Waals surface area (Å²) in [6.07, 6.45) is 5.03. The zero-order valence-corrected chi connectivity index (χ0v) is 13.9. The zero-order chi connectivity index (χ0) is 15.0. The van der Waals surface area contributed by atoms with Crippen molar-refractivity contribution in [2.24, 2.45) is 5.92 Å². The molecule has 3 rings (SSSR count). The summed E-state index contributed by atoms with van der Waals surface area (Å²) >= 11 is 1.75. The van der Waals surface area contributed by atoms with E-state index < -0.39 is 15.9 Å². The molecule has 1 aromatic rings. The van der Waals surface area contributed by atoms with E-state index in [1.54, 1.807) is 11.8 Å². The lowest BCUT2D eigenvalue weighted by Crippen LogP contribution is -2.38. The number of thioether (sulfide) groups is 1. The first-order valence-corrected chi connectivity index (χ1v) is 10.4. The molecule has 2 aliphatic rings. The van der Waals surface area contributed by atoms with Gasteiger partial charge in [-0.15, -0.1) is 11.8 Å². The van der Waals surface area contributed by atoms with Crippen LogP contribution in [0.1, 0.15) is 31.2 Å². The lowest BCUT2D eigenvalue weighted by molar-refractivity contribution is 0.0841. The van der Waals surface area contributed by atoms with Gasteiger partial charge in [0.05, 0.1) is 11.4 Å². The molecule has 1 fully saturated rings. The highest BCUT2D eigenvalue weighted by molar-refractivity contribution is 8.00. The number of hydrogen-bond donors (Lipinski definition) is 1. The monoisotopic (exact) mass is 326 g/mol. The molecule has 4 atom stereocenters. The number of benzene rings is 1. The number of fused-ring (bicyclic) bond motifs is 1. The number of hydrogen-bond acceptors (Lipinski definition) is 4. The molecule has 1 N–H and O–H groups in total. The molecule has 0 bridgehead atoms. The molecule has 0 saturated heterocycles. The van der Waals surface area contributed by atoms with Crippen LogP contribution < -0.4 is 0 Å². The highest BCUT2D eigenvalue weighted by Gasteiger charge is 2.37. The van der Waals surface area contributed by atoms with Gasteiger partial charge >= 0.3 is 0 Å². The molecule has 0 radical (unpaired) electrons. The Labute approximate surface area is 131 Å². The fraction of sp³-hybridized carbons (Fsp3) is 0.625. The summed E-state index contributed by atoms with van der Waals surface area (Å²) < 4.78 is 23.5. The summed E-state index contributed by atoms with van der Waals surface area (Å²) in [7, 11) is -2.99. The molecule has 3 nitrogen and oxygen atoms in total. The normalized spacial score (nSPS) is 30.9. The van der Waals surface area contributed by atoms with E-state index in [1.165, 1.54) is 16.7 Å². The van der Waals surface area contributed by atoms with E-state index >= 15 is 0 Å². The number of aliphatic hydroxyl groups is 1. The van der Waals surface area contributed by atoms with Gasteiger partial charge in [0.25, 0.3) is 0 Å². The van der Waals surface area contributed by atoms with Gasteiger partial charge in [0.15, 0.2) is 0 Å². The molecule has 0 aromatic heterocycles. The third kappa shape index (κ3) is 3.30. The Hall–Kier alpha value is -0.520. The van der Waals surface area contributed by atoms with Crippen LogP contribution in [0.15, 0.2) is 29.2 Å². The fourth-order valence-corrected chi connectivity index (χ4v) is 6.19. The molecule has 21 heavy (non-hydrogen) atoms. The predicted molar refractivity (Wildman–Crippen MR) is 86.4 cm³/mol. The van der Waals surface area contributed by atoms with Crippen LogP contribution in [-0.2, 0) is 16.3 Å². The maximum absolute atomic E-state index is 11.8. The first kappa shape index (κ1) is 15.4. The van der Waals surface area contributed by atoms with E-state index in [2.05, 4.69) is 12.1 Å². The molecule has 1 saturated carbocycles. The standard InChI is InChI=1S/C16H22O3S2/c1-21(18,19)13-7-4-6-12(9-13)16(17)15-10-11-5-2-3-8-14(11)20-15/h2-3,5,8,12-13,15-17H,4,6-7,9-10H2,1H3. The molecule has 116 valence electrons. The maximum atomic E-state index is 11.8. The highest BCUT2D eigenvalue weighted by Crippen LogP contribution is 2.42. The molecule has 0 spiro atoms. The molecular weight excluding hydrogens is 304 g/mol. The minimum Gasteiger partial charge on any atom is -0.392 e. The van der Waals surface area contributed by atoms with Crippen LogP contribution in [0.3, 0.4) is 0 Å². The second-order valence-corrected chi connectivity index (χ2v) is 9.94. The predicted octanol–water partition coefficient (Wildman–Crippen LogP) is 2.67. The average Bonchev–Trinajstić information content (AvgIpc) is 2.89. The number of rotatable bonds is 3. The van der Waals surface area contributed by atoms with Crippen molar-refractivity contribution in [1.29, 1.82) is 0 Å². The second kappa shape index (κ2) is 5.94. The molecule has 1 aliphatic heterocycles. The summed E-state index contributed by atoms with van der Waals surface area (Å²) in [5.74, 6) is 0.116. The highest BCUT2D eigenvalue weighted by atomic mass is 32.2. The van der Waals surface area contributed by atoms with Gasteiger partial charge in [-0.1, -0.05) is 24.6 Å². The van der Waals surface area contributed by atoms with Crippen LogP contribution in [0, 0.1) is 5.92 Å². The Morgan fingerprint density at radius 3 is 2.76 bits per heavy atom. The van der Waals surface area contributed by atoms with Crippen LogP contribution in [0.25, 0.3) is 0 Å². The van der Waals surface area contributed by atoms with Gasteiger partial charge in [-0.05, 0) is 43.2 Å². The summed E-state index contributed by atoms with van der Waals surface area (Å²) in [6, 6.07) is 8.29. The maximum Gasteiger partial charge on any atom is 0.150 e. The first-order valence-electron chi connectivity index (χ1n) is 7.56. The molecule has 1 aromatic carbocycles. The van der Waals surface area contributed by atoms with Gasteiger partial charge in [-0.3, -0.25) is 0 Å². The average molecular weight is 326 g/mol. The van der Waals surface area contributed by atoms with Gasteiger partial charge in [-0.2, -0.15) is 0 Å². The van der Waals surface area contributed by atoms with Gasteiger partial charge in [0.2, 0.25) is 0 Å². The first-order chi connectivity index (χ1) is 9.95. The number of aliphatic hydroxyl groups excluding tert-OH is 1. The third-order valence-electron chi connectivity index (χ3n) is 4.81. The summed E-state index contributed by atoms with van der Waals surface area (Å²) in [5.41, 5.74) is 1.31. The Balaban J connectivity index is 1.68. The SMILES string of the molecule is CS(=O)(=O)C1CCCC(C(O)C2Cc3ccccc3S2)C1. The van der Waals surface area contributed by atoms with E-state index in [-0.39, 0.29) is 16.4 Å². The van der Waals surface area contributed by atoms with Gasteiger partial charge in [0, 0.05) is 16.4 Å². The molecule has 0 amide bonds. The summed E-state index contributed by atoms with van der Waals surface area (Å²) in [4.78, 5) is 1.26. The minimum absolute atomic E-state index is 0.116. The number of sulfone groups is 1. The van der Waals surface area contributed by atoms with Crippen LogP contribution in [0.4, 0.5) is 0 Å². The molecular formula is C16H22O3S2. The largest absolute Gasteiger partial charge is 0.392 e. The van der Waals surface area contributed by atoms with Crippen molar-refractivity contribution < 1.29 is 13.5 Å². The van der Waals surface area contributed by atoms with Gasteiger partial charge in [0.1, 0.15) is 9.84 Å². The Bertz CT molecular complexity index is 587. The van der Waals surface area contributed by atoms with Crippen molar-refractivity contribution in [1.82, 2.24) is 0 Å². The van der Waals surface area contributed by atoms with Crippen molar-refractivity contribution >= 4 is 21.6 Å². The quantitative estimate of drug-likeness (QED) is 0.928. The summed E-state index contributed by atoms with van der Waals surface area (Å²) in [6.45, 7) is 0. The van der Waals surface area contributed by atoms with Crippen molar-refractivity contribution in [2.45, 2.75) is 53.6 Å². The molecule has 1 heterocycles. The Morgan fingerprint density at radius 1 is 1.29 bits per heavy atom. The topological polar surface area (TPSA) is 54.4 Å². The van der Waals surface area contributed by atoms with Crippen LogP contribution in [0.5, 0.6) is 0 Å². The summed E-state index contributed by atoms with van der Waals surface area (Å²) in [5, 5.41) is 10.6. The smallest absolute Gasteiger partial charge is 0.150 e. The van der Waals surface area contributed by atoms with E-state index in [0.717, 1.165) is 25.7 Å². The third-order valence-corrected chi connectivity index (χ3v) is 7.85. The lowest BCUT2D eigenvalue weighted by atomic mass is 9.83. The van der Waals surface area contributed by atoms with Crippen molar-refractivity contribution in [3.05, 3.63) is 29.8 Å². The zero-order valence-electron chi connectivity index (χ0n) is 12.2. The van der Waals surface area contributed by atoms with E-state index in [4.69, 9.17) is 0 Å². The molecule has 5 heteroatoms. The minimum atomic E-state index is -2.99. The second-order valence-electron chi connectivity index (χ2n) is 6.34. The van der Waals surface area contributed by atoms with Crippen LogP contribution in [0.2, 0.25) is 0 Å². The van der Waals surface area contributed by atoms with Crippen LogP contribution in [-0.4, -0.2) is 36.4 Å². The van der Waals surface area contributed by atoms with Crippen molar-refractivity contribution in [3.63, 3.8) is 0 Å².